The molecule has 1 amide bonds. The molecular weight excluding hydrogens is 254 g/mol. The van der Waals surface area contributed by atoms with E-state index in [1.54, 1.807) is 18.3 Å². The summed E-state index contributed by atoms with van der Waals surface area (Å²) in [4.78, 5) is 28.7. The molecule has 2 N–H and O–H groups in total. The second-order valence-corrected chi connectivity index (χ2v) is 6.02. The van der Waals surface area contributed by atoms with Crippen LogP contribution in [0.2, 0.25) is 0 Å². The number of nitrogens with one attached hydrogen (secondary N) is 2. The van der Waals surface area contributed by atoms with Gasteiger partial charge in [-0.3, -0.25) is 9.59 Å². The minimum Gasteiger partial charge on any atom is -0.338 e. The van der Waals surface area contributed by atoms with Gasteiger partial charge in [-0.2, -0.15) is 0 Å². The van der Waals surface area contributed by atoms with Crippen molar-refractivity contribution in [1.82, 2.24) is 15.2 Å². The molecule has 0 aromatic carbocycles. The highest BCUT2D eigenvalue weighted by atomic mass is 16.2. The van der Waals surface area contributed by atoms with E-state index in [0.717, 1.165) is 32.6 Å². The van der Waals surface area contributed by atoms with Crippen LogP contribution >= 0.6 is 0 Å². The smallest absolute Gasteiger partial charge is 0.260 e. The molecule has 3 rings (SSSR count). The molecule has 1 unspecified atom stereocenters. The van der Waals surface area contributed by atoms with Crippen molar-refractivity contribution in [2.75, 3.05) is 26.2 Å². The van der Waals surface area contributed by atoms with Crippen LogP contribution in [0.4, 0.5) is 0 Å². The molecule has 1 aromatic rings. The Labute approximate surface area is 118 Å². The summed E-state index contributed by atoms with van der Waals surface area (Å²) in [7, 11) is 0. The topological polar surface area (TPSA) is 65.2 Å². The highest BCUT2D eigenvalue weighted by molar-refractivity contribution is 5.93. The number of rotatable bonds is 1. The Kier molecular flexibility index (Phi) is 3.61. The van der Waals surface area contributed by atoms with Crippen LogP contribution < -0.4 is 10.9 Å². The molecule has 0 bridgehead atoms. The average molecular weight is 275 g/mol. The molecule has 108 valence electrons. The van der Waals surface area contributed by atoms with Gasteiger partial charge >= 0.3 is 0 Å². The molecule has 2 saturated heterocycles. The molecule has 2 aliphatic heterocycles. The Morgan fingerprint density at radius 2 is 2.15 bits per heavy atom. The predicted octanol–water partition coefficient (Wildman–Crippen LogP) is 0.981. The largest absolute Gasteiger partial charge is 0.338 e. The van der Waals surface area contributed by atoms with Gasteiger partial charge in [0.15, 0.2) is 0 Å². The summed E-state index contributed by atoms with van der Waals surface area (Å²) >= 11 is 0. The van der Waals surface area contributed by atoms with Gasteiger partial charge in [-0.1, -0.05) is 0 Å². The van der Waals surface area contributed by atoms with E-state index < -0.39 is 0 Å². The molecule has 1 atom stereocenters. The number of likely N-dealkylation sites (tertiary alicyclic amines) is 1. The number of aromatic amines is 1. The lowest BCUT2D eigenvalue weighted by atomic mass is 9.74. The van der Waals surface area contributed by atoms with E-state index >= 15 is 0 Å². The number of carbonyl (C=O) groups is 1. The van der Waals surface area contributed by atoms with Crippen molar-refractivity contribution in [2.45, 2.75) is 25.7 Å². The number of pyridine rings is 1. The van der Waals surface area contributed by atoms with Gasteiger partial charge < -0.3 is 15.2 Å². The number of nitrogens with zero attached hydrogens (tertiary/aromatic N) is 1. The van der Waals surface area contributed by atoms with Gasteiger partial charge in [0.05, 0.1) is 0 Å². The van der Waals surface area contributed by atoms with E-state index in [1.807, 2.05) is 4.90 Å². The zero-order valence-corrected chi connectivity index (χ0v) is 11.7. The lowest BCUT2D eigenvalue weighted by Gasteiger charge is -2.45. The number of carbonyl (C=O) groups excluding carboxylic acids is 1. The molecule has 2 aliphatic rings. The number of aromatic nitrogens is 1. The number of amides is 1. The number of hydrogen-bond acceptors (Lipinski definition) is 3. The van der Waals surface area contributed by atoms with Crippen LogP contribution in [0.25, 0.3) is 0 Å². The van der Waals surface area contributed by atoms with E-state index in [0.29, 0.717) is 0 Å². The Balaban J connectivity index is 1.78. The number of piperidine rings is 2. The SMILES string of the molecule is O=C(c1ccc[nH]c1=O)N1CCCC2(CCCNC2)C1. The first-order chi connectivity index (χ1) is 9.70. The summed E-state index contributed by atoms with van der Waals surface area (Å²) in [6.07, 6.45) is 6.11. The molecule has 0 radical (unpaired) electrons. The minimum atomic E-state index is -0.293. The van der Waals surface area contributed by atoms with Crippen LogP contribution in [0, 0.1) is 5.41 Å². The fourth-order valence-electron chi connectivity index (χ4n) is 3.52. The molecule has 1 spiro atoms. The molecule has 1 aromatic heterocycles. The molecule has 3 heterocycles. The first-order valence-corrected chi connectivity index (χ1v) is 7.38. The predicted molar refractivity (Wildman–Crippen MR) is 76.7 cm³/mol. The molecule has 2 fully saturated rings. The van der Waals surface area contributed by atoms with E-state index in [1.165, 1.54) is 19.3 Å². The van der Waals surface area contributed by atoms with Crippen molar-refractivity contribution in [3.8, 4) is 0 Å². The molecule has 5 heteroatoms. The summed E-state index contributed by atoms with van der Waals surface area (Å²) in [5.41, 5.74) is 0.181. The van der Waals surface area contributed by atoms with Gasteiger partial charge in [0.2, 0.25) is 0 Å². The van der Waals surface area contributed by atoms with Crippen molar-refractivity contribution < 1.29 is 4.79 Å². The zero-order chi connectivity index (χ0) is 14.0. The highest BCUT2D eigenvalue weighted by Crippen LogP contribution is 2.36. The van der Waals surface area contributed by atoms with Gasteiger partial charge in [0.25, 0.3) is 11.5 Å². The fourth-order valence-corrected chi connectivity index (χ4v) is 3.52. The van der Waals surface area contributed by atoms with Crippen molar-refractivity contribution in [3.63, 3.8) is 0 Å². The Bertz CT molecular complexity index is 541. The summed E-state index contributed by atoms with van der Waals surface area (Å²) in [5, 5.41) is 3.45. The Morgan fingerprint density at radius 3 is 2.90 bits per heavy atom. The van der Waals surface area contributed by atoms with Gasteiger partial charge in [0.1, 0.15) is 5.56 Å². The molecule has 0 aliphatic carbocycles. The second-order valence-electron chi connectivity index (χ2n) is 6.02. The van der Waals surface area contributed by atoms with Crippen molar-refractivity contribution in [1.29, 1.82) is 0 Å². The van der Waals surface area contributed by atoms with Crippen molar-refractivity contribution in [3.05, 3.63) is 34.2 Å². The van der Waals surface area contributed by atoms with Crippen LogP contribution in [0.15, 0.2) is 23.1 Å². The van der Waals surface area contributed by atoms with E-state index in [4.69, 9.17) is 0 Å². The van der Waals surface area contributed by atoms with Gasteiger partial charge in [-0.15, -0.1) is 0 Å². The third kappa shape index (κ3) is 2.50. The maximum atomic E-state index is 12.5. The molecule has 0 saturated carbocycles. The summed E-state index contributed by atoms with van der Waals surface area (Å²) < 4.78 is 0. The van der Waals surface area contributed by atoms with Gasteiger partial charge in [-0.05, 0) is 44.4 Å². The van der Waals surface area contributed by atoms with Crippen LogP contribution in [0.3, 0.4) is 0 Å². The maximum Gasteiger partial charge on any atom is 0.260 e. The van der Waals surface area contributed by atoms with Crippen molar-refractivity contribution in [2.24, 2.45) is 5.41 Å². The highest BCUT2D eigenvalue weighted by Gasteiger charge is 2.38. The van der Waals surface area contributed by atoms with E-state index in [2.05, 4.69) is 10.3 Å². The normalized spacial score (nSPS) is 26.7. The monoisotopic (exact) mass is 275 g/mol. The van der Waals surface area contributed by atoms with Gasteiger partial charge in [0, 0.05) is 31.2 Å². The lowest BCUT2D eigenvalue weighted by molar-refractivity contribution is 0.0432. The third-order valence-electron chi connectivity index (χ3n) is 4.56. The van der Waals surface area contributed by atoms with Crippen LogP contribution in [-0.2, 0) is 0 Å². The first-order valence-electron chi connectivity index (χ1n) is 7.38. The number of hydrogen-bond donors (Lipinski definition) is 2. The Hall–Kier alpha value is -1.62. The average Bonchev–Trinajstić information content (AvgIpc) is 2.48. The third-order valence-corrected chi connectivity index (χ3v) is 4.56. The second kappa shape index (κ2) is 5.40. The van der Waals surface area contributed by atoms with Crippen LogP contribution in [0.5, 0.6) is 0 Å². The molecule has 5 nitrogen and oxygen atoms in total. The van der Waals surface area contributed by atoms with Gasteiger partial charge in [-0.25, -0.2) is 0 Å². The summed E-state index contributed by atoms with van der Waals surface area (Å²) in [5.74, 6) is -0.128. The molecular formula is C15H21N3O2. The quantitative estimate of drug-likeness (QED) is 0.803. The fraction of sp³-hybridized carbons (Fsp3) is 0.600. The summed E-state index contributed by atoms with van der Waals surface area (Å²) in [6, 6.07) is 3.32. The van der Waals surface area contributed by atoms with E-state index in [9.17, 15) is 9.59 Å². The standard InChI is InChI=1S/C15H21N3O2/c19-13-12(4-1-8-17-13)14(20)18-9-3-6-15(11-18)5-2-7-16-10-15/h1,4,8,16H,2-3,5-7,9-11H2,(H,17,19). The van der Waals surface area contributed by atoms with Crippen LogP contribution in [-0.4, -0.2) is 42.0 Å². The lowest BCUT2D eigenvalue weighted by Crippen LogP contribution is -2.53. The van der Waals surface area contributed by atoms with Crippen LogP contribution in [0.1, 0.15) is 36.0 Å². The van der Waals surface area contributed by atoms with Crippen molar-refractivity contribution >= 4 is 5.91 Å². The maximum absolute atomic E-state index is 12.5. The molecule has 20 heavy (non-hydrogen) atoms. The number of H-pyrrole nitrogens is 1. The zero-order valence-electron chi connectivity index (χ0n) is 11.7. The Morgan fingerprint density at radius 1 is 1.30 bits per heavy atom. The summed E-state index contributed by atoms with van der Waals surface area (Å²) in [6.45, 7) is 3.60. The first kappa shape index (κ1) is 13.4. The van der Waals surface area contributed by atoms with E-state index in [-0.39, 0.29) is 22.4 Å². The minimum absolute atomic E-state index is 0.128.